The highest BCUT2D eigenvalue weighted by Crippen LogP contribution is 2.32. The van der Waals surface area contributed by atoms with Crippen molar-refractivity contribution in [3.63, 3.8) is 0 Å². The van der Waals surface area contributed by atoms with Gasteiger partial charge in [-0.3, -0.25) is 0 Å². The van der Waals surface area contributed by atoms with Crippen LogP contribution in [0.25, 0.3) is 0 Å². The number of hydrogen-bond donors (Lipinski definition) is 2. The largest absolute Gasteiger partial charge is 0.496 e. The fraction of sp³-hybridized carbons (Fsp3) is 0.462. The summed E-state index contributed by atoms with van der Waals surface area (Å²) in [5.74, 6) is 0.251. The van der Waals surface area contributed by atoms with Crippen LogP contribution in [0.1, 0.15) is 40.7 Å². The summed E-state index contributed by atoms with van der Waals surface area (Å²) < 4.78 is 10.4. The quantitative estimate of drug-likeness (QED) is 0.475. The molecule has 0 aliphatic carbocycles. The Morgan fingerprint density at radius 1 is 1.09 bits per heavy atom. The van der Waals surface area contributed by atoms with Crippen LogP contribution in [0.4, 0.5) is 0 Å². The van der Waals surface area contributed by atoms with Crippen LogP contribution >= 0.6 is 0 Å². The average molecular weight is 455 g/mol. The van der Waals surface area contributed by atoms with Crippen LogP contribution in [0, 0.1) is 18.3 Å². The topological polar surface area (TPSA) is 103 Å². The number of ether oxygens (including phenoxy) is 2. The molecule has 178 valence electrons. The van der Waals surface area contributed by atoms with Gasteiger partial charge in [-0.1, -0.05) is 30.3 Å². The Balaban J connectivity index is 2.08. The van der Waals surface area contributed by atoms with Crippen molar-refractivity contribution in [3.8, 4) is 11.8 Å². The molecule has 1 atom stereocenters. The third kappa shape index (κ3) is 6.32. The smallest absolute Gasteiger partial charge is 0.330 e. The molecule has 33 heavy (non-hydrogen) atoms. The maximum absolute atomic E-state index is 12.7. The maximum atomic E-state index is 12.7. The molecule has 0 fully saturated rings. The molecule has 0 saturated heterocycles. The zero-order chi connectivity index (χ0) is 24.4. The zero-order valence-electron chi connectivity index (χ0n) is 19.9. The summed E-state index contributed by atoms with van der Waals surface area (Å²) in [5, 5.41) is 29.1. The summed E-state index contributed by atoms with van der Waals surface area (Å²) in [7, 11) is 4.95. The van der Waals surface area contributed by atoms with E-state index in [9.17, 15) is 20.3 Å². The second-order valence-corrected chi connectivity index (χ2v) is 8.27. The van der Waals surface area contributed by atoms with E-state index in [1.807, 2.05) is 14.0 Å². The molecule has 0 saturated carbocycles. The number of nitriles is 1. The van der Waals surface area contributed by atoms with Gasteiger partial charge in [-0.15, -0.1) is 0 Å². The molecule has 0 aromatic heterocycles. The van der Waals surface area contributed by atoms with Crippen LogP contribution in [0.2, 0.25) is 0 Å². The Morgan fingerprint density at radius 2 is 1.82 bits per heavy atom. The minimum Gasteiger partial charge on any atom is -0.496 e. The number of hydrogen-bond acceptors (Lipinski definition) is 7. The lowest BCUT2D eigenvalue weighted by Crippen LogP contribution is -2.37. The lowest BCUT2D eigenvalue weighted by molar-refractivity contribution is -0.145. The van der Waals surface area contributed by atoms with Crippen molar-refractivity contribution in [2.24, 2.45) is 0 Å². The van der Waals surface area contributed by atoms with Crippen molar-refractivity contribution in [1.29, 1.82) is 5.26 Å². The van der Waals surface area contributed by atoms with E-state index in [4.69, 9.17) is 9.47 Å². The number of carbonyl (C=O) groups excluding carboxylic acids is 1. The first-order valence-corrected chi connectivity index (χ1v) is 11.0. The van der Waals surface area contributed by atoms with E-state index in [2.05, 4.69) is 29.2 Å². The number of carbonyl (C=O) groups is 1. The van der Waals surface area contributed by atoms with Crippen LogP contribution in [-0.4, -0.2) is 55.4 Å². The van der Waals surface area contributed by atoms with E-state index in [0.29, 0.717) is 29.7 Å². The van der Waals surface area contributed by atoms with Gasteiger partial charge in [-0.25, -0.2) is 4.79 Å². The first-order valence-electron chi connectivity index (χ1n) is 11.0. The standard InChI is InChI=1S/C26H34N2O5/c1-19-6-7-20(14-24(19)32-3)10-13-28(2)12-5-11-26(18-27,25(31)33-4)23-9-8-21(16-29)22(15-23)17-30/h6-9,14-15,29-30H,5,10-13,16-17H2,1-4H3. The fourth-order valence-corrected chi connectivity index (χ4v) is 3.96. The van der Waals surface area contributed by atoms with E-state index in [-0.39, 0.29) is 19.6 Å². The Kier molecular flexibility index (Phi) is 9.86. The molecule has 2 rings (SSSR count). The van der Waals surface area contributed by atoms with Gasteiger partial charge in [0.05, 0.1) is 33.5 Å². The van der Waals surface area contributed by atoms with Gasteiger partial charge in [-0.05, 0) is 73.7 Å². The molecule has 7 nitrogen and oxygen atoms in total. The van der Waals surface area contributed by atoms with Gasteiger partial charge < -0.3 is 24.6 Å². The van der Waals surface area contributed by atoms with Gasteiger partial charge in [0.2, 0.25) is 0 Å². The van der Waals surface area contributed by atoms with Crippen LogP contribution in [0.5, 0.6) is 5.75 Å². The second kappa shape index (κ2) is 12.4. The van der Waals surface area contributed by atoms with Crippen LogP contribution in [-0.2, 0) is 34.6 Å². The van der Waals surface area contributed by atoms with Crippen molar-refractivity contribution < 1.29 is 24.5 Å². The number of aryl methyl sites for hydroxylation is 1. The van der Waals surface area contributed by atoms with Gasteiger partial charge >= 0.3 is 5.97 Å². The predicted octanol–water partition coefficient (Wildman–Crippen LogP) is 2.88. The van der Waals surface area contributed by atoms with E-state index in [1.54, 1.807) is 25.3 Å². The van der Waals surface area contributed by atoms with Crippen LogP contribution in [0.3, 0.4) is 0 Å². The number of nitrogens with zero attached hydrogens (tertiary/aromatic N) is 2. The summed E-state index contributed by atoms with van der Waals surface area (Å²) in [4.78, 5) is 14.9. The highest BCUT2D eigenvalue weighted by molar-refractivity contribution is 5.86. The SMILES string of the molecule is COC(=O)C(C#N)(CCCN(C)CCc1ccc(C)c(OC)c1)c1ccc(CO)c(CO)c1. The highest BCUT2D eigenvalue weighted by Gasteiger charge is 2.42. The molecule has 7 heteroatoms. The number of rotatable bonds is 12. The summed E-state index contributed by atoms with van der Waals surface area (Å²) >= 11 is 0. The molecule has 2 N–H and O–H groups in total. The van der Waals surface area contributed by atoms with Crippen molar-refractivity contribution in [2.75, 3.05) is 34.4 Å². The van der Waals surface area contributed by atoms with E-state index in [1.165, 1.54) is 12.7 Å². The summed E-state index contributed by atoms with van der Waals surface area (Å²) in [5.41, 5.74) is 2.33. The molecular formula is C26H34N2O5. The molecule has 0 aliphatic heterocycles. The van der Waals surface area contributed by atoms with Crippen molar-refractivity contribution in [1.82, 2.24) is 4.90 Å². The molecule has 0 aliphatic rings. The average Bonchev–Trinajstić information content (AvgIpc) is 2.85. The molecule has 0 amide bonds. The van der Waals surface area contributed by atoms with Crippen molar-refractivity contribution >= 4 is 5.97 Å². The third-order valence-electron chi connectivity index (χ3n) is 6.11. The number of likely N-dealkylation sites (N-methyl/N-ethyl adjacent to an activating group) is 1. The molecule has 0 radical (unpaired) electrons. The lowest BCUT2D eigenvalue weighted by Gasteiger charge is -2.26. The van der Waals surface area contributed by atoms with Crippen molar-refractivity contribution in [3.05, 3.63) is 64.2 Å². The highest BCUT2D eigenvalue weighted by atomic mass is 16.5. The minimum absolute atomic E-state index is 0.231. The van der Waals surface area contributed by atoms with Gasteiger partial charge in [0.15, 0.2) is 5.41 Å². The summed E-state index contributed by atoms with van der Waals surface area (Å²) in [6.45, 7) is 3.01. The second-order valence-electron chi connectivity index (χ2n) is 8.27. The first-order chi connectivity index (χ1) is 15.8. The monoisotopic (exact) mass is 454 g/mol. The Hall–Kier alpha value is -2.92. The fourth-order valence-electron chi connectivity index (χ4n) is 3.96. The number of aliphatic hydroxyl groups is 2. The van der Waals surface area contributed by atoms with Crippen LogP contribution in [0.15, 0.2) is 36.4 Å². The van der Waals surface area contributed by atoms with Gasteiger partial charge in [0, 0.05) is 6.54 Å². The molecule has 0 bridgehead atoms. The summed E-state index contributed by atoms with van der Waals surface area (Å²) in [6.07, 6.45) is 1.74. The molecule has 2 aromatic rings. The number of esters is 1. The molecule has 2 aromatic carbocycles. The van der Waals surface area contributed by atoms with E-state index < -0.39 is 11.4 Å². The summed E-state index contributed by atoms with van der Waals surface area (Å²) in [6, 6.07) is 13.3. The number of benzene rings is 2. The minimum atomic E-state index is -1.47. The predicted molar refractivity (Wildman–Crippen MR) is 126 cm³/mol. The Bertz CT molecular complexity index is 985. The Morgan fingerprint density at radius 3 is 2.42 bits per heavy atom. The number of methoxy groups -OCH3 is 2. The molecular weight excluding hydrogens is 420 g/mol. The maximum Gasteiger partial charge on any atom is 0.330 e. The van der Waals surface area contributed by atoms with Crippen LogP contribution < -0.4 is 4.74 Å². The third-order valence-corrected chi connectivity index (χ3v) is 6.11. The Labute approximate surface area is 196 Å². The molecule has 1 unspecified atom stereocenters. The molecule has 0 spiro atoms. The molecule has 0 heterocycles. The van der Waals surface area contributed by atoms with Gasteiger partial charge in [0.25, 0.3) is 0 Å². The zero-order valence-corrected chi connectivity index (χ0v) is 19.9. The lowest BCUT2D eigenvalue weighted by atomic mass is 9.77. The van der Waals surface area contributed by atoms with E-state index >= 15 is 0 Å². The van der Waals surface area contributed by atoms with E-state index in [0.717, 1.165) is 24.3 Å². The van der Waals surface area contributed by atoms with Gasteiger partial charge in [-0.2, -0.15) is 5.26 Å². The first kappa shape index (κ1) is 26.3. The number of aliphatic hydroxyl groups excluding tert-OH is 2. The normalized spacial score (nSPS) is 12.8. The van der Waals surface area contributed by atoms with Crippen molar-refractivity contribution in [2.45, 2.75) is 44.8 Å². The van der Waals surface area contributed by atoms with Gasteiger partial charge in [0.1, 0.15) is 5.75 Å².